The third-order valence-electron chi connectivity index (χ3n) is 9.57. The number of hydrogen-bond acceptors (Lipinski definition) is 3. The molecule has 4 heteroatoms. The number of rotatable bonds is 6. The van der Waals surface area contributed by atoms with Gasteiger partial charge in [0.15, 0.2) is 0 Å². The van der Waals surface area contributed by atoms with Gasteiger partial charge in [0.1, 0.15) is 5.75 Å². The summed E-state index contributed by atoms with van der Waals surface area (Å²) >= 11 is 0. The second-order valence-electron chi connectivity index (χ2n) is 12.3. The number of aryl methyl sites for hydroxylation is 1. The summed E-state index contributed by atoms with van der Waals surface area (Å²) in [6.07, 6.45) is 8.00. The Morgan fingerprint density at radius 2 is 1.90 bits per heavy atom. The zero-order valence-electron chi connectivity index (χ0n) is 21.0. The highest BCUT2D eigenvalue weighted by atomic mass is 28.4. The molecule has 1 aromatic carbocycles. The van der Waals surface area contributed by atoms with Gasteiger partial charge in [-0.2, -0.15) is 0 Å². The molecule has 3 aliphatic carbocycles. The van der Waals surface area contributed by atoms with Gasteiger partial charge in [-0.1, -0.05) is 33.8 Å². The van der Waals surface area contributed by atoms with Gasteiger partial charge in [0, 0.05) is 19.7 Å². The van der Waals surface area contributed by atoms with Gasteiger partial charge in [0.25, 0.3) is 0 Å². The van der Waals surface area contributed by atoms with Crippen LogP contribution in [0.3, 0.4) is 0 Å². The normalized spacial score (nSPS) is 32.9. The topological polar surface area (TPSA) is 30.5 Å². The van der Waals surface area contributed by atoms with Crippen molar-refractivity contribution in [2.75, 3.05) is 20.3 Å². The summed E-state index contributed by atoms with van der Waals surface area (Å²) in [6, 6.07) is 7.76. The lowest BCUT2D eigenvalue weighted by Crippen LogP contribution is -2.49. The van der Waals surface area contributed by atoms with Gasteiger partial charge < -0.3 is 14.5 Å². The highest BCUT2D eigenvalue weighted by Gasteiger charge is 2.54. The van der Waals surface area contributed by atoms with Crippen molar-refractivity contribution in [3.8, 4) is 5.75 Å². The lowest BCUT2D eigenvalue weighted by molar-refractivity contribution is 0.0395. The number of nitrogens with one attached hydrogen (secondary N) is 1. The van der Waals surface area contributed by atoms with Crippen molar-refractivity contribution in [2.45, 2.75) is 96.3 Å². The molecule has 0 amide bonds. The largest absolute Gasteiger partial charge is 0.543 e. The van der Waals surface area contributed by atoms with Crippen molar-refractivity contribution in [2.24, 2.45) is 17.3 Å². The van der Waals surface area contributed by atoms with Crippen molar-refractivity contribution >= 4 is 8.32 Å². The Kier molecular flexibility index (Phi) is 6.39. The van der Waals surface area contributed by atoms with E-state index in [0.717, 1.165) is 36.7 Å². The van der Waals surface area contributed by atoms with Crippen LogP contribution in [0.25, 0.3) is 0 Å². The van der Waals surface area contributed by atoms with Crippen LogP contribution in [0.15, 0.2) is 18.2 Å². The van der Waals surface area contributed by atoms with E-state index in [9.17, 15) is 0 Å². The van der Waals surface area contributed by atoms with Crippen molar-refractivity contribution < 1.29 is 9.16 Å². The molecule has 4 rings (SSSR count). The van der Waals surface area contributed by atoms with Gasteiger partial charge in [-0.15, -0.1) is 0 Å². The molecular formula is C27H45NO2Si. The van der Waals surface area contributed by atoms with Crippen LogP contribution in [0, 0.1) is 17.3 Å². The number of ether oxygens (including phenoxy) is 1. The predicted molar refractivity (Wildman–Crippen MR) is 133 cm³/mol. The van der Waals surface area contributed by atoms with E-state index >= 15 is 0 Å². The molecular weight excluding hydrogens is 398 g/mol. The predicted octanol–water partition coefficient (Wildman–Crippen LogP) is 6.53. The van der Waals surface area contributed by atoms with E-state index in [1.54, 1.807) is 18.2 Å². The molecule has 0 bridgehead atoms. The Morgan fingerprint density at radius 1 is 1.13 bits per heavy atom. The Balaban J connectivity index is 1.50. The molecule has 0 heterocycles. The maximum Gasteiger partial charge on any atom is 0.250 e. The Hall–Kier alpha value is -0.843. The summed E-state index contributed by atoms with van der Waals surface area (Å²) in [4.78, 5) is 0. The van der Waals surface area contributed by atoms with Crippen molar-refractivity contribution in [1.82, 2.24) is 5.32 Å². The third kappa shape index (κ3) is 4.25. The lowest BCUT2D eigenvalue weighted by atomic mass is 9.55. The summed E-state index contributed by atoms with van der Waals surface area (Å²) in [5, 5.41) is 4.07. The molecule has 0 spiro atoms. The Morgan fingerprint density at radius 3 is 2.61 bits per heavy atom. The van der Waals surface area contributed by atoms with E-state index in [2.05, 4.69) is 64.3 Å². The summed E-state index contributed by atoms with van der Waals surface area (Å²) in [5.74, 6) is 3.57. The number of benzene rings is 1. The Bertz CT molecular complexity index is 786. The van der Waals surface area contributed by atoms with Crippen molar-refractivity contribution in [1.29, 1.82) is 0 Å². The third-order valence-corrected chi connectivity index (χ3v) is 13.9. The molecule has 3 aliphatic rings. The summed E-state index contributed by atoms with van der Waals surface area (Å²) < 4.78 is 11.9. The van der Waals surface area contributed by atoms with Gasteiger partial charge in [0.2, 0.25) is 8.32 Å². The second-order valence-corrected chi connectivity index (χ2v) is 17.0. The molecule has 0 aliphatic heterocycles. The lowest BCUT2D eigenvalue weighted by Gasteiger charge is -2.51. The number of fused-ring (bicyclic) bond motifs is 5. The molecule has 0 aromatic heterocycles. The van der Waals surface area contributed by atoms with E-state index in [-0.39, 0.29) is 5.04 Å². The van der Waals surface area contributed by atoms with Crippen LogP contribution in [-0.2, 0) is 11.2 Å². The van der Waals surface area contributed by atoms with Crippen molar-refractivity contribution in [3.05, 3.63) is 29.3 Å². The molecule has 2 fully saturated rings. The number of hydrogen-bond donors (Lipinski definition) is 1. The quantitative estimate of drug-likeness (QED) is 0.400. The molecule has 3 nitrogen and oxygen atoms in total. The van der Waals surface area contributed by atoms with E-state index in [1.165, 1.54) is 38.5 Å². The van der Waals surface area contributed by atoms with Gasteiger partial charge in [0.05, 0.1) is 6.61 Å². The second kappa shape index (κ2) is 8.50. The van der Waals surface area contributed by atoms with Crippen molar-refractivity contribution in [3.63, 3.8) is 0 Å². The molecule has 5 atom stereocenters. The first kappa shape index (κ1) is 23.3. The average Bonchev–Trinajstić information content (AvgIpc) is 3.03. The van der Waals surface area contributed by atoms with Crippen LogP contribution < -0.4 is 9.74 Å². The molecule has 0 radical (unpaired) electrons. The first-order chi connectivity index (χ1) is 14.6. The van der Waals surface area contributed by atoms with Gasteiger partial charge in [-0.05, 0) is 103 Å². The van der Waals surface area contributed by atoms with E-state index < -0.39 is 8.32 Å². The van der Waals surface area contributed by atoms with Gasteiger partial charge in [-0.3, -0.25) is 0 Å². The highest BCUT2D eigenvalue weighted by molar-refractivity contribution is 6.74. The first-order valence-corrected chi connectivity index (χ1v) is 15.5. The average molecular weight is 444 g/mol. The minimum absolute atomic E-state index is 0.234. The van der Waals surface area contributed by atoms with Gasteiger partial charge in [-0.25, -0.2) is 0 Å². The molecule has 1 aromatic rings. The van der Waals surface area contributed by atoms with Crippen LogP contribution in [0.5, 0.6) is 5.75 Å². The minimum atomic E-state index is -1.79. The van der Waals surface area contributed by atoms with Crippen LogP contribution in [0.2, 0.25) is 18.1 Å². The molecule has 174 valence electrons. The van der Waals surface area contributed by atoms with E-state index in [0.29, 0.717) is 11.5 Å². The maximum atomic E-state index is 6.63. The zero-order valence-corrected chi connectivity index (χ0v) is 22.0. The Labute approximate surface area is 191 Å². The summed E-state index contributed by atoms with van der Waals surface area (Å²) in [5.41, 5.74) is 3.66. The molecule has 31 heavy (non-hydrogen) atoms. The van der Waals surface area contributed by atoms with E-state index in [1.807, 2.05) is 0 Å². The highest BCUT2D eigenvalue weighted by Crippen LogP contribution is 2.61. The zero-order chi connectivity index (χ0) is 22.4. The van der Waals surface area contributed by atoms with E-state index in [4.69, 9.17) is 9.16 Å². The van der Waals surface area contributed by atoms with Gasteiger partial charge >= 0.3 is 0 Å². The fourth-order valence-electron chi connectivity index (χ4n) is 6.74. The van der Waals surface area contributed by atoms with Crippen LogP contribution in [0.4, 0.5) is 0 Å². The maximum absolute atomic E-state index is 6.63. The smallest absolute Gasteiger partial charge is 0.250 e. The number of methoxy groups -OCH3 is 1. The minimum Gasteiger partial charge on any atom is -0.543 e. The monoisotopic (exact) mass is 443 g/mol. The standard InChI is InChI=1S/C27H45NO2Si/c1-26(2,3)31(6,7)30-20-9-11-21-19(18-20)8-10-23-22(21)14-15-27(4)24(23)12-13-25(27)28-16-17-29-5/h9,11,18,22-25,28H,8,10,12-17H2,1-7H3/t22?,23?,24?,25-,27-/m0/s1. The molecule has 1 N–H and O–H groups in total. The SMILES string of the molecule is COCCN[C@H]1CCC2C3CCc4cc(O[Si](C)(C)C(C)(C)C)ccc4C3CC[C@@]21C. The molecule has 3 unspecified atom stereocenters. The summed E-state index contributed by atoms with van der Waals surface area (Å²) in [6.45, 7) is 16.0. The molecule has 0 saturated heterocycles. The fourth-order valence-corrected chi connectivity index (χ4v) is 7.76. The van der Waals surface area contributed by atoms with Crippen LogP contribution >= 0.6 is 0 Å². The van der Waals surface area contributed by atoms with Crippen LogP contribution in [-0.4, -0.2) is 34.6 Å². The summed E-state index contributed by atoms with van der Waals surface area (Å²) in [7, 11) is 0.00916. The molecule has 2 saturated carbocycles. The first-order valence-electron chi connectivity index (χ1n) is 12.6. The fraction of sp³-hybridized carbons (Fsp3) is 0.778. The van der Waals surface area contributed by atoms with Crippen LogP contribution in [0.1, 0.15) is 76.8 Å².